The van der Waals surface area contributed by atoms with Gasteiger partial charge < -0.3 is 18.9 Å². The molecule has 1 saturated heterocycles. The normalized spacial score (nSPS) is 20.1. The molecule has 34 heavy (non-hydrogen) atoms. The van der Waals surface area contributed by atoms with Crippen LogP contribution in [0.15, 0.2) is 46.2 Å². The number of hydrogen-bond acceptors (Lipinski definition) is 8. The first-order valence-corrected chi connectivity index (χ1v) is 13.4. The van der Waals surface area contributed by atoms with Crippen LogP contribution in [-0.4, -0.2) is 79.1 Å². The van der Waals surface area contributed by atoms with Gasteiger partial charge in [0.1, 0.15) is 0 Å². The third-order valence-corrected chi connectivity index (χ3v) is 9.75. The molecule has 188 valence electrons. The standard InChI is InChI=1S/C22H30N2O8S2/c1-15-13-24(34(27,28)18-8-10-20(30-4)22(12-18)32-6)16(2)14-23(15)33(25,26)17-7-9-19(29-3)21(11-17)31-5/h7-12,15-16H,13-14H2,1-6H3/t15-,16-/m0/s1. The van der Waals surface area contributed by atoms with Gasteiger partial charge in [0.2, 0.25) is 20.0 Å². The Morgan fingerprint density at radius 1 is 0.618 bits per heavy atom. The highest BCUT2D eigenvalue weighted by atomic mass is 32.2. The molecule has 2 atom stereocenters. The van der Waals surface area contributed by atoms with Gasteiger partial charge in [0.05, 0.1) is 38.2 Å². The van der Waals surface area contributed by atoms with E-state index in [1.165, 1.54) is 73.4 Å². The van der Waals surface area contributed by atoms with Crippen LogP contribution in [0.3, 0.4) is 0 Å². The number of nitrogens with zero attached hydrogens (tertiary/aromatic N) is 2. The maximum atomic E-state index is 13.4. The molecular formula is C22H30N2O8S2. The predicted molar refractivity (Wildman–Crippen MR) is 126 cm³/mol. The second kappa shape index (κ2) is 9.98. The first-order chi connectivity index (χ1) is 16.0. The molecule has 0 aliphatic carbocycles. The lowest BCUT2D eigenvalue weighted by Crippen LogP contribution is -2.59. The van der Waals surface area contributed by atoms with Crippen LogP contribution in [0.5, 0.6) is 23.0 Å². The van der Waals surface area contributed by atoms with Crippen LogP contribution in [0.2, 0.25) is 0 Å². The van der Waals surface area contributed by atoms with E-state index in [9.17, 15) is 16.8 Å². The van der Waals surface area contributed by atoms with Crippen molar-refractivity contribution in [3.05, 3.63) is 36.4 Å². The van der Waals surface area contributed by atoms with Crippen molar-refractivity contribution in [3.8, 4) is 23.0 Å². The van der Waals surface area contributed by atoms with Crippen LogP contribution in [0.1, 0.15) is 13.8 Å². The van der Waals surface area contributed by atoms with E-state index in [1.807, 2.05) is 0 Å². The van der Waals surface area contributed by atoms with Gasteiger partial charge in [-0.2, -0.15) is 8.61 Å². The summed E-state index contributed by atoms with van der Waals surface area (Å²) in [6.45, 7) is 3.34. The zero-order chi connectivity index (χ0) is 25.3. The van der Waals surface area contributed by atoms with Gasteiger partial charge in [0.15, 0.2) is 23.0 Å². The van der Waals surface area contributed by atoms with E-state index in [0.717, 1.165) is 0 Å². The summed E-state index contributed by atoms with van der Waals surface area (Å²) in [6, 6.07) is 7.53. The largest absolute Gasteiger partial charge is 0.493 e. The highest BCUT2D eigenvalue weighted by Gasteiger charge is 2.42. The lowest BCUT2D eigenvalue weighted by Gasteiger charge is -2.42. The van der Waals surface area contributed by atoms with Crippen LogP contribution < -0.4 is 18.9 Å². The average Bonchev–Trinajstić information content (AvgIpc) is 2.83. The van der Waals surface area contributed by atoms with Gasteiger partial charge in [-0.05, 0) is 38.1 Å². The van der Waals surface area contributed by atoms with Crippen molar-refractivity contribution in [2.45, 2.75) is 35.7 Å². The van der Waals surface area contributed by atoms with Gasteiger partial charge in [0.25, 0.3) is 0 Å². The lowest BCUT2D eigenvalue weighted by atomic mass is 10.2. The molecule has 0 radical (unpaired) electrons. The molecule has 0 aromatic heterocycles. The van der Waals surface area contributed by atoms with Gasteiger partial charge in [-0.3, -0.25) is 0 Å². The first kappa shape index (κ1) is 26.1. The SMILES string of the molecule is COc1ccc(S(=O)(=O)N2C[C@H](C)N(S(=O)(=O)c3ccc(OC)c(OC)c3)C[C@@H]2C)cc1OC. The zero-order valence-electron chi connectivity index (χ0n) is 20.0. The lowest BCUT2D eigenvalue weighted by molar-refractivity contribution is 0.163. The minimum Gasteiger partial charge on any atom is -0.493 e. The maximum Gasteiger partial charge on any atom is 0.243 e. The molecule has 1 aliphatic rings. The fraction of sp³-hybridized carbons (Fsp3) is 0.455. The number of methoxy groups -OCH3 is 4. The number of hydrogen-bond donors (Lipinski definition) is 0. The Hall–Kier alpha value is -2.54. The smallest absolute Gasteiger partial charge is 0.243 e. The average molecular weight is 515 g/mol. The monoisotopic (exact) mass is 514 g/mol. The predicted octanol–water partition coefficient (Wildman–Crippen LogP) is 2.19. The minimum atomic E-state index is -3.92. The van der Waals surface area contributed by atoms with E-state index in [2.05, 4.69) is 0 Å². The summed E-state index contributed by atoms with van der Waals surface area (Å²) in [6.07, 6.45) is 0. The number of piperazine rings is 1. The van der Waals surface area contributed by atoms with Crippen molar-refractivity contribution in [1.29, 1.82) is 0 Å². The number of sulfonamides is 2. The molecular weight excluding hydrogens is 484 g/mol. The third-order valence-electron chi connectivity index (χ3n) is 5.79. The molecule has 2 aromatic rings. The van der Waals surface area contributed by atoms with E-state index in [1.54, 1.807) is 13.8 Å². The Kier molecular flexibility index (Phi) is 7.65. The maximum absolute atomic E-state index is 13.4. The highest BCUT2D eigenvalue weighted by Crippen LogP contribution is 2.35. The van der Waals surface area contributed by atoms with Crippen molar-refractivity contribution in [1.82, 2.24) is 8.61 Å². The topological polar surface area (TPSA) is 112 Å². The molecule has 1 fully saturated rings. The quantitative estimate of drug-likeness (QED) is 0.527. The summed E-state index contributed by atoms with van der Waals surface area (Å²) >= 11 is 0. The molecule has 0 N–H and O–H groups in total. The van der Waals surface area contributed by atoms with Gasteiger partial charge >= 0.3 is 0 Å². The molecule has 10 nitrogen and oxygen atoms in total. The number of rotatable bonds is 8. The Labute approximate surface area is 201 Å². The summed E-state index contributed by atoms with van der Waals surface area (Å²) in [4.78, 5) is 0.0841. The fourth-order valence-corrected chi connectivity index (χ4v) is 7.40. The summed E-state index contributed by atoms with van der Waals surface area (Å²) < 4.78 is 77.2. The van der Waals surface area contributed by atoms with Crippen LogP contribution in [-0.2, 0) is 20.0 Å². The first-order valence-electron chi connectivity index (χ1n) is 10.5. The van der Waals surface area contributed by atoms with Crippen molar-refractivity contribution in [2.24, 2.45) is 0 Å². The summed E-state index contributed by atoms with van der Waals surface area (Å²) in [5, 5.41) is 0. The molecule has 0 spiro atoms. The van der Waals surface area contributed by atoms with Gasteiger partial charge in [-0.25, -0.2) is 16.8 Å². The van der Waals surface area contributed by atoms with Gasteiger partial charge in [0, 0.05) is 37.3 Å². The third kappa shape index (κ3) is 4.67. The molecule has 0 saturated carbocycles. The molecule has 0 amide bonds. The molecule has 1 aliphatic heterocycles. The Morgan fingerprint density at radius 2 is 0.941 bits per heavy atom. The molecule has 12 heteroatoms. The van der Waals surface area contributed by atoms with Crippen LogP contribution >= 0.6 is 0 Å². The van der Waals surface area contributed by atoms with E-state index >= 15 is 0 Å². The number of benzene rings is 2. The van der Waals surface area contributed by atoms with E-state index in [4.69, 9.17) is 18.9 Å². The highest BCUT2D eigenvalue weighted by molar-refractivity contribution is 7.89. The van der Waals surface area contributed by atoms with Crippen molar-refractivity contribution in [3.63, 3.8) is 0 Å². The number of ether oxygens (including phenoxy) is 4. The van der Waals surface area contributed by atoms with Crippen molar-refractivity contribution in [2.75, 3.05) is 41.5 Å². The second-order valence-corrected chi connectivity index (χ2v) is 11.7. The summed E-state index contributed by atoms with van der Waals surface area (Å²) in [7, 11) is -2.04. The minimum absolute atomic E-state index is 0.00956. The fourth-order valence-electron chi connectivity index (χ4n) is 3.96. The van der Waals surface area contributed by atoms with Gasteiger partial charge in [-0.1, -0.05) is 0 Å². The van der Waals surface area contributed by atoms with Crippen LogP contribution in [0, 0.1) is 0 Å². The molecule has 1 heterocycles. The van der Waals surface area contributed by atoms with E-state index in [-0.39, 0.29) is 22.9 Å². The zero-order valence-corrected chi connectivity index (χ0v) is 21.6. The molecule has 0 bridgehead atoms. The van der Waals surface area contributed by atoms with Crippen molar-refractivity contribution < 1.29 is 35.8 Å². The summed E-state index contributed by atoms with van der Waals surface area (Å²) in [5.74, 6) is 1.40. The summed E-state index contributed by atoms with van der Waals surface area (Å²) in [5.41, 5.74) is 0. The molecule has 3 rings (SSSR count). The van der Waals surface area contributed by atoms with Crippen LogP contribution in [0.25, 0.3) is 0 Å². The van der Waals surface area contributed by atoms with E-state index < -0.39 is 32.1 Å². The Balaban J connectivity index is 1.90. The van der Waals surface area contributed by atoms with Crippen molar-refractivity contribution >= 4 is 20.0 Å². The molecule has 0 unspecified atom stereocenters. The van der Waals surface area contributed by atoms with Crippen LogP contribution in [0.4, 0.5) is 0 Å². The van der Waals surface area contributed by atoms with E-state index in [0.29, 0.717) is 23.0 Å². The van der Waals surface area contributed by atoms with Gasteiger partial charge in [-0.15, -0.1) is 0 Å². The second-order valence-electron chi connectivity index (χ2n) is 7.88. The molecule has 2 aromatic carbocycles. The Bertz CT molecular complexity index is 1150. The Morgan fingerprint density at radius 3 is 1.24 bits per heavy atom.